The lowest BCUT2D eigenvalue weighted by Crippen LogP contribution is -2.49. The molecule has 24 heavy (non-hydrogen) atoms. The highest BCUT2D eigenvalue weighted by Gasteiger charge is 2.22. The van der Waals surface area contributed by atoms with Gasteiger partial charge in [-0.3, -0.25) is 9.69 Å². The summed E-state index contributed by atoms with van der Waals surface area (Å²) >= 11 is 1.68. The van der Waals surface area contributed by atoms with Crippen LogP contribution in [0.15, 0.2) is 35.2 Å². The van der Waals surface area contributed by atoms with Crippen LogP contribution >= 0.6 is 11.8 Å². The highest BCUT2D eigenvalue weighted by Crippen LogP contribution is 2.17. The summed E-state index contributed by atoms with van der Waals surface area (Å²) in [7, 11) is -3.08. The van der Waals surface area contributed by atoms with Crippen LogP contribution in [-0.2, 0) is 14.8 Å². The number of nitrogens with zero attached hydrogens (tertiary/aromatic N) is 2. The van der Waals surface area contributed by atoms with E-state index in [2.05, 4.69) is 10.2 Å². The van der Waals surface area contributed by atoms with E-state index in [1.54, 1.807) is 11.8 Å². The van der Waals surface area contributed by atoms with Crippen molar-refractivity contribution in [1.82, 2.24) is 14.5 Å². The van der Waals surface area contributed by atoms with Crippen molar-refractivity contribution in [2.24, 2.45) is 0 Å². The standard InChI is InChI=1S/C16H25N3O3S2/c1-24(21,22)19-12-10-18(11-13-19)9-8-17-16(20)7-14-23-15-5-3-2-4-6-15/h2-6H,7-14H2,1H3,(H,17,20). The van der Waals surface area contributed by atoms with Crippen molar-refractivity contribution in [2.75, 3.05) is 51.3 Å². The summed E-state index contributed by atoms with van der Waals surface area (Å²) in [6, 6.07) is 10.0. The first-order valence-electron chi connectivity index (χ1n) is 8.07. The topological polar surface area (TPSA) is 69.7 Å². The number of hydrogen-bond donors (Lipinski definition) is 1. The first kappa shape index (κ1) is 19.2. The molecule has 1 aliphatic rings. The van der Waals surface area contributed by atoms with Crippen molar-refractivity contribution in [2.45, 2.75) is 11.3 Å². The van der Waals surface area contributed by atoms with E-state index in [0.29, 0.717) is 39.1 Å². The van der Waals surface area contributed by atoms with Gasteiger partial charge < -0.3 is 5.32 Å². The molecule has 0 aromatic heterocycles. The Morgan fingerprint density at radius 1 is 1.17 bits per heavy atom. The SMILES string of the molecule is CS(=O)(=O)N1CCN(CCNC(=O)CCSc2ccccc2)CC1. The molecule has 0 saturated carbocycles. The number of carbonyl (C=O) groups is 1. The van der Waals surface area contributed by atoms with Gasteiger partial charge in [0.15, 0.2) is 0 Å². The summed E-state index contributed by atoms with van der Waals surface area (Å²) in [5.74, 6) is 0.830. The third-order valence-electron chi connectivity index (χ3n) is 3.89. The van der Waals surface area contributed by atoms with Gasteiger partial charge in [0, 0.05) is 56.3 Å². The number of amides is 1. The van der Waals surface area contributed by atoms with Crippen LogP contribution in [0.2, 0.25) is 0 Å². The predicted molar refractivity (Wildman–Crippen MR) is 97.6 cm³/mol. The number of piperazine rings is 1. The molecule has 134 valence electrons. The first-order valence-corrected chi connectivity index (χ1v) is 10.9. The predicted octanol–water partition coefficient (Wildman–Crippen LogP) is 0.862. The van der Waals surface area contributed by atoms with Crippen LogP contribution in [-0.4, -0.2) is 74.8 Å². The van der Waals surface area contributed by atoms with Crippen molar-refractivity contribution in [3.05, 3.63) is 30.3 Å². The minimum Gasteiger partial charge on any atom is -0.355 e. The van der Waals surface area contributed by atoms with Crippen molar-refractivity contribution < 1.29 is 13.2 Å². The van der Waals surface area contributed by atoms with Gasteiger partial charge in [0.25, 0.3) is 0 Å². The number of benzene rings is 1. The quantitative estimate of drug-likeness (QED) is 0.687. The third-order valence-corrected chi connectivity index (χ3v) is 6.21. The van der Waals surface area contributed by atoms with Crippen molar-refractivity contribution >= 4 is 27.7 Å². The van der Waals surface area contributed by atoms with Crippen LogP contribution in [0.3, 0.4) is 0 Å². The van der Waals surface area contributed by atoms with Gasteiger partial charge in [0.05, 0.1) is 6.26 Å². The number of sulfonamides is 1. The lowest BCUT2D eigenvalue weighted by atomic mass is 10.3. The van der Waals surface area contributed by atoms with Crippen LogP contribution in [0.4, 0.5) is 0 Å². The summed E-state index contributed by atoms with van der Waals surface area (Å²) in [4.78, 5) is 15.2. The number of nitrogens with one attached hydrogen (secondary N) is 1. The summed E-state index contributed by atoms with van der Waals surface area (Å²) in [6.07, 6.45) is 1.75. The molecule has 1 heterocycles. The van der Waals surface area contributed by atoms with E-state index in [9.17, 15) is 13.2 Å². The highest BCUT2D eigenvalue weighted by atomic mass is 32.2. The molecular formula is C16H25N3O3S2. The molecule has 1 aromatic rings. The van der Waals surface area contributed by atoms with Crippen LogP contribution in [0.1, 0.15) is 6.42 Å². The molecule has 0 bridgehead atoms. The van der Waals surface area contributed by atoms with E-state index in [-0.39, 0.29) is 5.91 Å². The fraction of sp³-hybridized carbons (Fsp3) is 0.562. The van der Waals surface area contributed by atoms with Crippen LogP contribution < -0.4 is 5.32 Å². The zero-order valence-corrected chi connectivity index (χ0v) is 15.6. The Morgan fingerprint density at radius 2 is 1.83 bits per heavy atom. The first-order chi connectivity index (χ1) is 11.4. The summed E-state index contributed by atoms with van der Waals surface area (Å²) in [5.41, 5.74) is 0. The third kappa shape index (κ3) is 6.80. The zero-order chi connectivity index (χ0) is 17.4. The zero-order valence-electron chi connectivity index (χ0n) is 14.0. The van der Waals surface area contributed by atoms with Gasteiger partial charge in [-0.2, -0.15) is 4.31 Å². The smallest absolute Gasteiger partial charge is 0.220 e. The molecular weight excluding hydrogens is 346 g/mol. The Morgan fingerprint density at radius 3 is 2.46 bits per heavy atom. The fourth-order valence-electron chi connectivity index (χ4n) is 2.50. The summed E-state index contributed by atoms with van der Waals surface area (Å²) in [6.45, 7) is 3.85. The molecule has 0 atom stereocenters. The van der Waals surface area contributed by atoms with E-state index < -0.39 is 10.0 Å². The molecule has 1 saturated heterocycles. The maximum atomic E-state index is 11.8. The summed E-state index contributed by atoms with van der Waals surface area (Å²) in [5, 5.41) is 2.93. The lowest BCUT2D eigenvalue weighted by molar-refractivity contribution is -0.120. The van der Waals surface area contributed by atoms with Gasteiger partial charge in [-0.05, 0) is 12.1 Å². The molecule has 8 heteroatoms. The Bertz CT molecular complexity index is 615. The Kier molecular flexibility index (Phi) is 7.54. The van der Waals surface area contributed by atoms with E-state index >= 15 is 0 Å². The Hall–Kier alpha value is -1.09. The second-order valence-corrected chi connectivity index (χ2v) is 8.92. The van der Waals surface area contributed by atoms with Crippen LogP contribution in [0.25, 0.3) is 0 Å². The van der Waals surface area contributed by atoms with Crippen molar-refractivity contribution in [3.63, 3.8) is 0 Å². The number of thioether (sulfide) groups is 1. The highest BCUT2D eigenvalue weighted by molar-refractivity contribution is 7.99. The van der Waals surface area contributed by atoms with E-state index in [1.807, 2.05) is 30.3 Å². The number of hydrogen-bond acceptors (Lipinski definition) is 5. The van der Waals surface area contributed by atoms with Gasteiger partial charge in [-0.15, -0.1) is 11.8 Å². The molecule has 1 N–H and O–H groups in total. The lowest BCUT2D eigenvalue weighted by Gasteiger charge is -2.33. The average molecular weight is 372 g/mol. The van der Waals surface area contributed by atoms with Crippen LogP contribution in [0.5, 0.6) is 0 Å². The second kappa shape index (κ2) is 9.41. The molecule has 1 amide bonds. The normalized spacial score (nSPS) is 16.9. The molecule has 1 aromatic carbocycles. The largest absolute Gasteiger partial charge is 0.355 e. The van der Waals surface area contributed by atoms with Crippen molar-refractivity contribution in [1.29, 1.82) is 0 Å². The van der Waals surface area contributed by atoms with Gasteiger partial charge in [-0.1, -0.05) is 18.2 Å². The number of carbonyl (C=O) groups excluding carboxylic acids is 1. The Balaban J connectivity index is 1.55. The van der Waals surface area contributed by atoms with Gasteiger partial charge in [0.1, 0.15) is 0 Å². The maximum Gasteiger partial charge on any atom is 0.220 e. The average Bonchev–Trinajstić information content (AvgIpc) is 2.55. The number of rotatable bonds is 8. The molecule has 0 spiro atoms. The molecule has 0 unspecified atom stereocenters. The molecule has 2 rings (SSSR count). The molecule has 6 nitrogen and oxygen atoms in total. The minimum atomic E-state index is -3.08. The minimum absolute atomic E-state index is 0.0632. The molecule has 0 radical (unpaired) electrons. The van der Waals surface area contributed by atoms with Crippen LogP contribution in [0, 0.1) is 0 Å². The Labute approximate surface area is 148 Å². The monoisotopic (exact) mass is 371 g/mol. The van der Waals surface area contributed by atoms with Gasteiger partial charge in [0.2, 0.25) is 15.9 Å². The molecule has 1 fully saturated rings. The van der Waals surface area contributed by atoms with E-state index in [4.69, 9.17) is 0 Å². The summed E-state index contributed by atoms with van der Waals surface area (Å²) < 4.78 is 24.4. The fourth-order valence-corrected chi connectivity index (χ4v) is 4.20. The van der Waals surface area contributed by atoms with Crippen molar-refractivity contribution in [3.8, 4) is 0 Å². The molecule has 0 aliphatic carbocycles. The maximum absolute atomic E-state index is 11.8. The van der Waals surface area contributed by atoms with E-state index in [1.165, 1.54) is 15.5 Å². The second-order valence-electron chi connectivity index (χ2n) is 5.77. The van der Waals surface area contributed by atoms with E-state index in [0.717, 1.165) is 12.3 Å². The molecule has 1 aliphatic heterocycles. The van der Waals surface area contributed by atoms with Gasteiger partial charge in [-0.25, -0.2) is 8.42 Å². The van der Waals surface area contributed by atoms with Gasteiger partial charge >= 0.3 is 0 Å².